The topological polar surface area (TPSA) is 49.6 Å². The summed E-state index contributed by atoms with van der Waals surface area (Å²) in [6.07, 6.45) is 6.42. The lowest BCUT2D eigenvalue weighted by atomic mass is 9.83. The minimum Gasteiger partial charge on any atom is -0.341 e. The third-order valence-corrected chi connectivity index (χ3v) is 5.86. The maximum Gasteiger partial charge on any atom is 0.244 e. The second-order valence-electron chi connectivity index (χ2n) is 7.40. The Morgan fingerprint density at radius 2 is 1.87 bits per heavy atom. The molecule has 0 bridgehead atoms. The predicted octanol–water partition coefficient (Wildman–Crippen LogP) is 2.16. The highest BCUT2D eigenvalue weighted by Crippen LogP contribution is 2.38. The fourth-order valence-corrected chi connectivity index (χ4v) is 4.50. The molecule has 0 spiro atoms. The van der Waals surface area contributed by atoms with Crippen molar-refractivity contribution in [1.29, 1.82) is 0 Å². The highest BCUT2D eigenvalue weighted by Gasteiger charge is 2.43. The number of benzene rings is 1. The number of rotatable bonds is 3. The second kappa shape index (κ2) is 6.25. The van der Waals surface area contributed by atoms with Crippen LogP contribution in [0.5, 0.6) is 0 Å². The monoisotopic (exact) mass is 313 g/mol. The van der Waals surface area contributed by atoms with Gasteiger partial charge in [-0.1, -0.05) is 30.3 Å². The Morgan fingerprint density at radius 1 is 1.09 bits per heavy atom. The molecule has 3 fully saturated rings. The molecule has 3 aliphatic rings. The average molecular weight is 313 g/mol. The lowest BCUT2D eigenvalue weighted by molar-refractivity contribution is -0.136. The van der Waals surface area contributed by atoms with E-state index >= 15 is 0 Å². The normalized spacial score (nSPS) is 29.9. The molecule has 2 aliphatic heterocycles. The molecule has 2 saturated heterocycles. The molecule has 0 unspecified atom stereocenters. The zero-order valence-corrected chi connectivity index (χ0v) is 13.7. The van der Waals surface area contributed by atoms with Crippen molar-refractivity contribution in [1.82, 2.24) is 9.80 Å². The minimum atomic E-state index is -0.518. The maximum absolute atomic E-state index is 12.8. The number of carbonyl (C=O) groups excluding carboxylic acids is 1. The van der Waals surface area contributed by atoms with Gasteiger partial charge in [-0.2, -0.15) is 0 Å². The highest BCUT2D eigenvalue weighted by molar-refractivity contribution is 5.83. The van der Waals surface area contributed by atoms with Crippen LogP contribution >= 0.6 is 0 Å². The Kier molecular flexibility index (Phi) is 4.12. The first-order valence-electron chi connectivity index (χ1n) is 9.09. The van der Waals surface area contributed by atoms with Gasteiger partial charge in [0.05, 0.1) is 0 Å². The first-order valence-corrected chi connectivity index (χ1v) is 9.09. The Hall–Kier alpha value is -1.39. The molecule has 0 aromatic heterocycles. The van der Waals surface area contributed by atoms with E-state index in [1.165, 1.54) is 32.2 Å². The third-order valence-electron chi connectivity index (χ3n) is 5.86. The molecule has 1 amide bonds. The predicted molar refractivity (Wildman–Crippen MR) is 90.8 cm³/mol. The molecule has 0 radical (unpaired) electrons. The fraction of sp³-hybridized carbons (Fsp3) is 0.632. The molecule has 2 N–H and O–H groups in total. The molecular weight excluding hydrogens is 286 g/mol. The molecule has 1 aromatic rings. The SMILES string of the molecule is N[C@H](C(=O)N1CC[C@@H]2[C@@H](CCCN2C2CC2)C1)c1ccccc1. The molecule has 4 heteroatoms. The lowest BCUT2D eigenvalue weighted by Gasteiger charge is -2.48. The van der Waals surface area contributed by atoms with Crippen molar-refractivity contribution in [2.45, 2.75) is 50.2 Å². The molecule has 1 aromatic carbocycles. The summed E-state index contributed by atoms with van der Waals surface area (Å²) >= 11 is 0. The number of likely N-dealkylation sites (tertiary alicyclic amines) is 2. The van der Waals surface area contributed by atoms with Gasteiger partial charge < -0.3 is 10.6 Å². The van der Waals surface area contributed by atoms with Gasteiger partial charge in [-0.05, 0) is 50.1 Å². The Bertz CT molecular complexity index is 557. The van der Waals surface area contributed by atoms with E-state index in [4.69, 9.17) is 5.73 Å². The zero-order chi connectivity index (χ0) is 15.8. The number of hydrogen-bond donors (Lipinski definition) is 1. The Labute approximate surface area is 138 Å². The van der Waals surface area contributed by atoms with Gasteiger partial charge in [0.1, 0.15) is 6.04 Å². The van der Waals surface area contributed by atoms with Gasteiger partial charge in [-0.15, -0.1) is 0 Å². The summed E-state index contributed by atoms with van der Waals surface area (Å²) in [5.74, 6) is 0.739. The summed E-state index contributed by atoms with van der Waals surface area (Å²) in [5, 5.41) is 0. The number of carbonyl (C=O) groups is 1. The maximum atomic E-state index is 12.8. The van der Waals surface area contributed by atoms with Crippen LogP contribution in [-0.4, -0.2) is 47.4 Å². The number of nitrogens with two attached hydrogens (primary N) is 1. The molecule has 3 atom stereocenters. The van der Waals surface area contributed by atoms with Crippen LogP contribution in [0, 0.1) is 5.92 Å². The summed E-state index contributed by atoms with van der Waals surface area (Å²) < 4.78 is 0. The van der Waals surface area contributed by atoms with E-state index in [2.05, 4.69) is 4.90 Å². The fourth-order valence-electron chi connectivity index (χ4n) is 4.50. The van der Waals surface area contributed by atoms with E-state index in [-0.39, 0.29) is 5.91 Å². The van der Waals surface area contributed by atoms with Crippen LogP contribution in [0.1, 0.15) is 43.7 Å². The van der Waals surface area contributed by atoms with Gasteiger partial charge in [0, 0.05) is 25.2 Å². The number of fused-ring (bicyclic) bond motifs is 1. The molecule has 4 rings (SSSR count). The standard InChI is InChI=1S/C19H27N3O/c20-18(14-5-2-1-3-6-14)19(23)21-12-10-17-15(13-21)7-4-11-22(17)16-8-9-16/h1-3,5-6,15-18H,4,7-13,20H2/t15-,17+,18-/m0/s1. The molecule has 23 heavy (non-hydrogen) atoms. The average Bonchev–Trinajstić information content (AvgIpc) is 3.45. The lowest BCUT2D eigenvalue weighted by Crippen LogP contribution is -2.56. The van der Waals surface area contributed by atoms with Crippen molar-refractivity contribution in [3.8, 4) is 0 Å². The van der Waals surface area contributed by atoms with Crippen LogP contribution in [-0.2, 0) is 4.79 Å². The number of hydrogen-bond acceptors (Lipinski definition) is 3. The van der Waals surface area contributed by atoms with Gasteiger partial charge in [0.2, 0.25) is 5.91 Å². The third kappa shape index (κ3) is 3.02. The minimum absolute atomic E-state index is 0.0956. The smallest absolute Gasteiger partial charge is 0.244 e. The van der Waals surface area contributed by atoms with E-state index < -0.39 is 6.04 Å². The van der Waals surface area contributed by atoms with E-state index in [0.717, 1.165) is 31.1 Å². The molecular formula is C19H27N3O. The van der Waals surface area contributed by atoms with Gasteiger partial charge >= 0.3 is 0 Å². The zero-order valence-electron chi connectivity index (χ0n) is 13.7. The van der Waals surface area contributed by atoms with E-state index in [0.29, 0.717) is 12.0 Å². The summed E-state index contributed by atoms with van der Waals surface area (Å²) in [4.78, 5) is 17.6. The van der Waals surface area contributed by atoms with Crippen molar-refractivity contribution in [2.75, 3.05) is 19.6 Å². The molecule has 124 valence electrons. The van der Waals surface area contributed by atoms with Crippen LogP contribution in [0.25, 0.3) is 0 Å². The van der Waals surface area contributed by atoms with E-state index in [1.54, 1.807) is 0 Å². The van der Waals surface area contributed by atoms with Crippen molar-refractivity contribution in [3.05, 3.63) is 35.9 Å². The summed E-state index contributed by atoms with van der Waals surface area (Å²) in [7, 11) is 0. The van der Waals surface area contributed by atoms with Crippen LogP contribution in [0.3, 0.4) is 0 Å². The number of nitrogens with zero attached hydrogens (tertiary/aromatic N) is 2. The molecule has 4 nitrogen and oxygen atoms in total. The molecule has 1 saturated carbocycles. The summed E-state index contributed by atoms with van der Waals surface area (Å²) in [6.45, 7) is 3.03. The van der Waals surface area contributed by atoms with E-state index in [9.17, 15) is 4.79 Å². The van der Waals surface area contributed by atoms with Crippen molar-refractivity contribution in [3.63, 3.8) is 0 Å². The van der Waals surface area contributed by atoms with Crippen molar-refractivity contribution in [2.24, 2.45) is 11.7 Å². The van der Waals surface area contributed by atoms with Gasteiger partial charge in [0.15, 0.2) is 0 Å². The van der Waals surface area contributed by atoms with E-state index in [1.807, 2.05) is 35.2 Å². The van der Waals surface area contributed by atoms with Crippen molar-refractivity contribution < 1.29 is 4.79 Å². The quantitative estimate of drug-likeness (QED) is 0.930. The Morgan fingerprint density at radius 3 is 2.61 bits per heavy atom. The van der Waals surface area contributed by atoms with Crippen LogP contribution in [0.15, 0.2) is 30.3 Å². The van der Waals surface area contributed by atoms with Crippen molar-refractivity contribution >= 4 is 5.91 Å². The van der Waals surface area contributed by atoms with Gasteiger partial charge in [-0.3, -0.25) is 9.69 Å². The van der Waals surface area contributed by atoms with Gasteiger partial charge in [-0.25, -0.2) is 0 Å². The Balaban J connectivity index is 1.42. The molecule has 2 heterocycles. The van der Waals surface area contributed by atoms with Crippen LogP contribution in [0.2, 0.25) is 0 Å². The number of amides is 1. The largest absolute Gasteiger partial charge is 0.341 e. The summed E-state index contributed by atoms with van der Waals surface area (Å²) in [6, 6.07) is 10.8. The first-order chi connectivity index (χ1) is 11.2. The number of piperidine rings is 2. The second-order valence-corrected chi connectivity index (χ2v) is 7.40. The van der Waals surface area contributed by atoms with Crippen LogP contribution in [0.4, 0.5) is 0 Å². The molecule has 1 aliphatic carbocycles. The van der Waals surface area contributed by atoms with Crippen LogP contribution < -0.4 is 5.73 Å². The summed E-state index contributed by atoms with van der Waals surface area (Å²) in [5.41, 5.74) is 7.14. The first kappa shape index (κ1) is 15.2. The van der Waals surface area contributed by atoms with Gasteiger partial charge in [0.25, 0.3) is 0 Å². The highest BCUT2D eigenvalue weighted by atomic mass is 16.2.